The van der Waals surface area contributed by atoms with Gasteiger partial charge in [-0.05, 0) is 65.2 Å². The summed E-state index contributed by atoms with van der Waals surface area (Å²) in [6, 6.07) is 3.87. The molecule has 0 aliphatic heterocycles. The van der Waals surface area contributed by atoms with Crippen molar-refractivity contribution in [2.24, 2.45) is 11.3 Å². The van der Waals surface area contributed by atoms with Crippen LogP contribution in [0.1, 0.15) is 38.9 Å². The summed E-state index contributed by atoms with van der Waals surface area (Å²) in [5.41, 5.74) is -1.67. The maximum atomic E-state index is 14.4. The first-order valence-electron chi connectivity index (χ1n) is 10.4. The number of rotatable bonds is 2. The number of hydrogen-bond acceptors (Lipinski definition) is 4. The van der Waals surface area contributed by atoms with Gasteiger partial charge in [-0.1, -0.05) is 37.6 Å². The molecule has 4 nitrogen and oxygen atoms in total. The van der Waals surface area contributed by atoms with Gasteiger partial charge in [0.1, 0.15) is 5.82 Å². The second-order valence-electron chi connectivity index (χ2n) is 9.21. The van der Waals surface area contributed by atoms with Gasteiger partial charge in [-0.2, -0.15) is 13.2 Å². The van der Waals surface area contributed by atoms with Gasteiger partial charge in [0, 0.05) is 27.7 Å². The van der Waals surface area contributed by atoms with Crippen LogP contribution < -0.4 is 5.32 Å². The third-order valence-corrected chi connectivity index (χ3v) is 8.12. The number of nitrogens with one attached hydrogen (secondary N) is 1. The zero-order chi connectivity index (χ0) is 23.5. The Kier molecular flexibility index (Phi) is 5.87. The van der Waals surface area contributed by atoms with Crippen LogP contribution in [0.25, 0.3) is 10.9 Å². The molecule has 2 aromatic rings. The number of nitrogens with zero attached hydrogens (tertiary/aromatic N) is 2. The topological polar surface area (TPSA) is 58.0 Å². The lowest BCUT2D eigenvalue weighted by molar-refractivity contribution is -0.270. The average Bonchev–Trinajstić information content (AvgIpc) is 2.79. The molecule has 172 valence electrons. The highest BCUT2D eigenvalue weighted by molar-refractivity contribution is 9.12. The van der Waals surface area contributed by atoms with Crippen LogP contribution in [0.2, 0.25) is 0 Å². The zero-order valence-corrected chi connectivity index (χ0v) is 20.2. The number of benzene rings is 1. The number of aryl methyl sites for hydroxylation is 1. The first kappa shape index (κ1) is 23.5. The lowest BCUT2D eigenvalue weighted by Crippen LogP contribution is -2.59. The van der Waals surface area contributed by atoms with Crippen LogP contribution in [0.5, 0.6) is 0 Å². The summed E-state index contributed by atoms with van der Waals surface area (Å²) in [6.45, 7) is 5.56. The van der Waals surface area contributed by atoms with E-state index in [0.29, 0.717) is 31.9 Å². The number of aromatic nitrogens is 2. The van der Waals surface area contributed by atoms with E-state index >= 15 is 0 Å². The predicted octanol–water partition coefficient (Wildman–Crippen LogP) is 6.62. The van der Waals surface area contributed by atoms with Crippen molar-refractivity contribution >= 4 is 44.1 Å². The minimum atomic E-state index is -4.83. The van der Waals surface area contributed by atoms with Crippen molar-refractivity contribution in [3.05, 3.63) is 51.4 Å². The summed E-state index contributed by atoms with van der Waals surface area (Å²) < 4.78 is 43.9. The molecule has 32 heavy (non-hydrogen) atoms. The van der Waals surface area contributed by atoms with Gasteiger partial charge in [0.15, 0.2) is 5.60 Å². The third kappa shape index (κ3) is 3.84. The number of anilines is 1. The number of halogens is 5. The van der Waals surface area contributed by atoms with Crippen LogP contribution >= 0.6 is 27.5 Å². The second kappa shape index (κ2) is 7.99. The van der Waals surface area contributed by atoms with Crippen molar-refractivity contribution in [2.75, 3.05) is 5.32 Å². The van der Waals surface area contributed by atoms with Gasteiger partial charge in [0.05, 0.1) is 16.6 Å². The van der Waals surface area contributed by atoms with Crippen LogP contribution in [0.15, 0.2) is 45.6 Å². The van der Waals surface area contributed by atoms with Gasteiger partial charge in [0.25, 0.3) is 0 Å². The second-order valence-corrected chi connectivity index (χ2v) is 10.4. The Morgan fingerprint density at radius 2 is 1.97 bits per heavy atom. The minimum absolute atomic E-state index is 0.157. The van der Waals surface area contributed by atoms with E-state index in [-0.39, 0.29) is 12.8 Å². The lowest BCUT2D eigenvalue weighted by Gasteiger charge is -2.43. The monoisotopic (exact) mass is 529 g/mol. The molecule has 3 unspecified atom stereocenters. The largest absolute Gasteiger partial charge is 0.419 e. The highest BCUT2D eigenvalue weighted by Gasteiger charge is 2.63. The van der Waals surface area contributed by atoms with E-state index < -0.39 is 35.6 Å². The van der Waals surface area contributed by atoms with Crippen molar-refractivity contribution in [2.45, 2.75) is 57.9 Å². The Morgan fingerprint density at radius 1 is 1.25 bits per heavy atom. The highest BCUT2D eigenvalue weighted by atomic mass is 79.9. The molecule has 0 saturated heterocycles. The van der Waals surface area contributed by atoms with Crippen molar-refractivity contribution in [1.29, 1.82) is 0 Å². The zero-order valence-electron chi connectivity index (χ0n) is 17.9. The van der Waals surface area contributed by atoms with Gasteiger partial charge in [-0.15, -0.1) is 0 Å². The van der Waals surface area contributed by atoms with Gasteiger partial charge in [-0.25, -0.2) is 9.97 Å². The van der Waals surface area contributed by atoms with E-state index in [0.717, 1.165) is 5.57 Å². The van der Waals surface area contributed by atoms with E-state index in [1.54, 1.807) is 37.4 Å². The first-order chi connectivity index (χ1) is 14.8. The Bertz CT molecular complexity index is 1130. The molecule has 2 aliphatic rings. The van der Waals surface area contributed by atoms with Crippen LogP contribution in [0, 0.1) is 18.3 Å². The van der Waals surface area contributed by atoms with E-state index in [1.165, 1.54) is 0 Å². The lowest BCUT2D eigenvalue weighted by atomic mass is 9.71. The molecule has 1 saturated carbocycles. The van der Waals surface area contributed by atoms with Crippen LogP contribution in [0.4, 0.5) is 18.9 Å². The number of fused-ring (bicyclic) bond motifs is 2. The van der Waals surface area contributed by atoms with Crippen molar-refractivity contribution in [3.8, 4) is 0 Å². The molecule has 4 rings (SSSR count). The van der Waals surface area contributed by atoms with Crippen molar-refractivity contribution in [3.63, 3.8) is 0 Å². The maximum absolute atomic E-state index is 14.4. The predicted molar refractivity (Wildman–Crippen MR) is 124 cm³/mol. The molecule has 0 amide bonds. The van der Waals surface area contributed by atoms with E-state index in [9.17, 15) is 18.3 Å². The fourth-order valence-corrected chi connectivity index (χ4v) is 6.12. The summed E-state index contributed by atoms with van der Waals surface area (Å²) in [5, 5.41) is 15.4. The Labute approximate surface area is 198 Å². The van der Waals surface area contributed by atoms with Gasteiger partial charge in [0.2, 0.25) is 0 Å². The Hall–Kier alpha value is -1.64. The first-order valence-corrected chi connectivity index (χ1v) is 11.6. The molecule has 0 radical (unpaired) electrons. The van der Waals surface area contributed by atoms with E-state index in [4.69, 9.17) is 11.6 Å². The Morgan fingerprint density at radius 3 is 2.66 bits per heavy atom. The molecule has 1 fully saturated rings. The fraction of sp³-hybridized carbons (Fsp3) is 0.478. The van der Waals surface area contributed by atoms with E-state index in [1.807, 2.05) is 13.8 Å². The summed E-state index contributed by atoms with van der Waals surface area (Å²) >= 11 is 9.89. The van der Waals surface area contributed by atoms with Crippen LogP contribution in [-0.2, 0) is 0 Å². The molecule has 9 heteroatoms. The van der Waals surface area contributed by atoms with Crippen LogP contribution in [0.3, 0.4) is 0 Å². The number of allylic oxidation sites excluding steroid dienone is 3. The molecule has 0 spiro atoms. The number of alkyl halides is 3. The summed E-state index contributed by atoms with van der Waals surface area (Å²) in [6.07, 6.45) is -1.52. The number of hydrogen-bond donors (Lipinski definition) is 2. The van der Waals surface area contributed by atoms with Crippen molar-refractivity contribution in [1.82, 2.24) is 9.97 Å². The molecule has 2 N–H and O–H groups in total. The standard InChI is InChI=1S/C23H24BrClF3N3O/c1-12-29-11-14-16(30-12)5-4-6-17(14)31-20-13-7-8-15(25)19(24)18(13)21(2,3)9-10-22(20,32)23(26,27)28/h4-6,8,11,13,20,31-32H,7,9-10H2,1-3H3. The average molecular weight is 531 g/mol. The third-order valence-electron chi connectivity index (χ3n) is 6.69. The minimum Gasteiger partial charge on any atom is -0.379 e. The molecular weight excluding hydrogens is 507 g/mol. The summed E-state index contributed by atoms with van der Waals surface area (Å²) in [5.74, 6) is -0.0588. The molecule has 1 heterocycles. The fourth-order valence-electron chi connectivity index (χ4n) is 4.94. The van der Waals surface area contributed by atoms with Gasteiger partial charge >= 0.3 is 6.18 Å². The number of aliphatic hydroxyl groups is 1. The van der Waals surface area contributed by atoms with E-state index in [2.05, 4.69) is 31.2 Å². The molecule has 2 aliphatic carbocycles. The van der Waals surface area contributed by atoms with Gasteiger partial charge < -0.3 is 10.4 Å². The van der Waals surface area contributed by atoms with Crippen molar-refractivity contribution < 1.29 is 18.3 Å². The Balaban J connectivity index is 1.90. The normalized spacial score (nSPS) is 28.2. The summed E-state index contributed by atoms with van der Waals surface area (Å²) in [4.78, 5) is 8.59. The molecule has 3 atom stereocenters. The molecule has 1 aromatic heterocycles. The molecule has 1 aromatic carbocycles. The molecular formula is C23H24BrClF3N3O. The quantitative estimate of drug-likeness (QED) is 0.458. The SMILES string of the molecule is Cc1ncc2c(NC3C4CC=C(Cl)C(Br)=C4C(C)(C)CCC3(O)C(F)(F)F)cccc2n1. The van der Waals surface area contributed by atoms with Crippen LogP contribution in [-0.4, -0.2) is 32.9 Å². The highest BCUT2D eigenvalue weighted by Crippen LogP contribution is 2.55. The maximum Gasteiger partial charge on any atom is 0.419 e. The molecule has 0 bridgehead atoms. The summed E-state index contributed by atoms with van der Waals surface area (Å²) in [7, 11) is 0. The smallest absolute Gasteiger partial charge is 0.379 e. The van der Waals surface area contributed by atoms with Gasteiger partial charge in [-0.3, -0.25) is 0 Å².